The third-order valence-corrected chi connectivity index (χ3v) is 3.22. The second-order valence-corrected chi connectivity index (χ2v) is 4.73. The Morgan fingerprint density at radius 3 is 2.71 bits per heavy atom. The van der Waals surface area contributed by atoms with Crippen LogP contribution < -0.4 is 4.74 Å². The van der Waals surface area contributed by atoms with E-state index in [2.05, 4.69) is 15.5 Å². The highest BCUT2D eigenvalue weighted by molar-refractivity contribution is 5.80. The molecule has 9 heteroatoms. The number of nitrogens with zero attached hydrogens (tertiary/aromatic N) is 5. The average Bonchev–Trinajstić information content (AvgIpc) is 3.09. The van der Waals surface area contributed by atoms with Gasteiger partial charge < -0.3 is 4.74 Å². The number of carbonyl (C=O) groups excluding carboxylic acids is 1. The maximum Gasteiger partial charge on any atom is 0.270 e. The van der Waals surface area contributed by atoms with Crippen LogP contribution in [-0.2, 0) is 6.61 Å². The van der Waals surface area contributed by atoms with E-state index in [1.165, 1.54) is 16.8 Å². The van der Waals surface area contributed by atoms with E-state index >= 15 is 0 Å². The van der Waals surface area contributed by atoms with Gasteiger partial charge in [-0.3, -0.25) is 14.9 Å². The lowest BCUT2D eigenvalue weighted by Gasteiger charge is -2.08. The molecule has 0 aliphatic carbocycles. The molecule has 120 valence electrons. The molecule has 0 spiro atoms. The van der Waals surface area contributed by atoms with Crippen LogP contribution in [0, 0.1) is 10.1 Å². The number of non-ortho nitro benzene ring substituents is 1. The first-order chi connectivity index (χ1) is 11.7. The minimum atomic E-state index is -0.577. The summed E-state index contributed by atoms with van der Waals surface area (Å²) < 4.78 is 7.06. The molecular weight excluding hydrogens is 314 g/mol. The van der Waals surface area contributed by atoms with Gasteiger partial charge in [-0.15, -0.1) is 5.10 Å². The fourth-order valence-electron chi connectivity index (χ4n) is 2.08. The van der Waals surface area contributed by atoms with Crippen LogP contribution in [0.15, 0.2) is 48.5 Å². The van der Waals surface area contributed by atoms with Crippen molar-refractivity contribution < 1.29 is 14.5 Å². The molecule has 0 unspecified atom stereocenters. The Morgan fingerprint density at radius 1 is 1.21 bits per heavy atom. The first kappa shape index (κ1) is 15.3. The predicted molar refractivity (Wildman–Crippen MR) is 82.0 cm³/mol. The molecule has 0 atom stereocenters. The van der Waals surface area contributed by atoms with Gasteiger partial charge >= 0.3 is 0 Å². The zero-order valence-electron chi connectivity index (χ0n) is 12.3. The van der Waals surface area contributed by atoms with Crippen molar-refractivity contribution in [3.8, 4) is 11.4 Å². The Kier molecular flexibility index (Phi) is 4.23. The van der Waals surface area contributed by atoms with Gasteiger partial charge in [-0.1, -0.05) is 18.2 Å². The first-order valence-electron chi connectivity index (χ1n) is 6.88. The zero-order valence-corrected chi connectivity index (χ0v) is 12.3. The van der Waals surface area contributed by atoms with Crippen LogP contribution in [0.5, 0.6) is 5.75 Å². The molecule has 0 saturated heterocycles. The highest BCUT2D eigenvalue weighted by Gasteiger charge is 2.13. The Labute approximate surface area is 135 Å². The Bertz CT molecular complexity index is 879. The number of para-hydroxylation sites is 1. The zero-order chi connectivity index (χ0) is 16.9. The summed E-state index contributed by atoms with van der Waals surface area (Å²) in [4.78, 5) is 21.3. The second-order valence-electron chi connectivity index (χ2n) is 4.73. The monoisotopic (exact) mass is 325 g/mol. The number of hydrogen-bond acceptors (Lipinski definition) is 7. The van der Waals surface area contributed by atoms with Gasteiger partial charge in [0.05, 0.1) is 16.2 Å². The lowest BCUT2D eigenvalue weighted by Crippen LogP contribution is -2.07. The van der Waals surface area contributed by atoms with Crippen molar-refractivity contribution in [2.45, 2.75) is 6.61 Å². The largest absolute Gasteiger partial charge is 0.485 e. The molecule has 3 aromatic rings. The van der Waals surface area contributed by atoms with Crippen molar-refractivity contribution in [3.63, 3.8) is 0 Å². The smallest absolute Gasteiger partial charge is 0.270 e. The molecule has 0 fully saturated rings. The Hall–Kier alpha value is -3.62. The van der Waals surface area contributed by atoms with Crippen molar-refractivity contribution >= 4 is 12.0 Å². The van der Waals surface area contributed by atoms with Crippen LogP contribution in [-0.4, -0.2) is 31.4 Å². The molecule has 0 saturated carbocycles. The molecule has 24 heavy (non-hydrogen) atoms. The number of benzene rings is 2. The van der Waals surface area contributed by atoms with Gasteiger partial charge in [0.25, 0.3) is 5.69 Å². The lowest BCUT2D eigenvalue weighted by atomic mass is 10.2. The number of carbonyl (C=O) groups is 1. The number of aldehydes is 1. The van der Waals surface area contributed by atoms with Crippen molar-refractivity contribution in [1.82, 2.24) is 20.2 Å². The maximum atomic E-state index is 11.1. The highest BCUT2D eigenvalue weighted by Crippen LogP contribution is 2.23. The van der Waals surface area contributed by atoms with E-state index in [0.717, 1.165) is 11.8 Å². The SMILES string of the molecule is O=Cc1cc([N+](=O)[O-])ccc1OCc1nnnn1-c1ccccc1. The predicted octanol–water partition coefficient (Wildman–Crippen LogP) is 1.96. The number of nitro groups is 1. The van der Waals surface area contributed by atoms with E-state index in [-0.39, 0.29) is 23.6 Å². The van der Waals surface area contributed by atoms with Gasteiger partial charge in [0.1, 0.15) is 12.4 Å². The summed E-state index contributed by atoms with van der Waals surface area (Å²) in [7, 11) is 0. The van der Waals surface area contributed by atoms with Gasteiger partial charge in [0.15, 0.2) is 12.1 Å². The molecule has 1 aromatic heterocycles. The van der Waals surface area contributed by atoms with Crippen LogP contribution in [0.3, 0.4) is 0 Å². The molecule has 0 aliphatic rings. The van der Waals surface area contributed by atoms with Crippen LogP contribution in [0.1, 0.15) is 16.2 Å². The topological polar surface area (TPSA) is 113 Å². The third kappa shape index (κ3) is 3.09. The standard InChI is InChI=1S/C15H11N5O4/c21-9-11-8-13(20(22)23)6-7-14(11)24-10-15-16-17-18-19(15)12-4-2-1-3-5-12/h1-9H,10H2. The van der Waals surface area contributed by atoms with Gasteiger partial charge in [0, 0.05) is 12.1 Å². The van der Waals surface area contributed by atoms with E-state index in [4.69, 9.17) is 4.74 Å². The van der Waals surface area contributed by atoms with E-state index in [0.29, 0.717) is 12.1 Å². The maximum absolute atomic E-state index is 11.1. The molecule has 0 bridgehead atoms. The van der Waals surface area contributed by atoms with E-state index < -0.39 is 4.92 Å². The summed E-state index contributed by atoms with van der Waals surface area (Å²) in [6, 6.07) is 13.0. The summed E-state index contributed by atoms with van der Waals surface area (Å²) in [6.07, 6.45) is 0.502. The molecule has 9 nitrogen and oxygen atoms in total. The van der Waals surface area contributed by atoms with Crippen LogP contribution >= 0.6 is 0 Å². The molecule has 0 radical (unpaired) electrons. The summed E-state index contributed by atoms with van der Waals surface area (Å²) >= 11 is 0. The summed E-state index contributed by atoms with van der Waals surface area (Å²) in [5, 5.41) is 22.1. The van der Waals surface area contributed by atoms with Gasteiger partial charge in [0.2, 0.25) is 0 Å². The Morgan fingerprint density at radius 2 is 2.00 bits per heavy atom. The van der Waals surface area contributed by atoms with Crippen molar-refractivity contribution in [2.24, 2.45) is 0 Å². The van der Waals surface area contributed by atoms with Crippen molar-refractivity contribution in [2.75, 3.05) is 0 Å². The normalized spacial score (nSPS) is 10.3. The van der Waals surface area contributed by atoms with Crippen molar-refractivity contribution in [1.29, 1.82) is 0 Å². The molecule has 1 heterocycles. The summed E-state index contributed by atoms with van der Waals surface area (Å²) in [5.74, 6) is 0.648. The fraction of sp³-hybridized carbons (Fsp3) is 0.0667. The van der Waals surface area contributed by atoms with Crippen LogP contribution in [0.2, 0.25) is 0 Å². The number of aromatic nitrogens is 4. The quantitative estimate of drug-likeness (QED) is 0.386. The van der Waals surface area contributed by atoms with E-state index in [1.54, 1.807) is 0 Å². The highest BCUT2D eigenvalue weighted by atomic mass is 16.6. The summed E-state index contributed by atoms with van der Waals surface area (Å²) in [6.45, 7) is 0.000541. The lowest BCUT2D eigenvalue weighted by molar-refractivity contribution is -0.384. The van der Waals surface area contributed by atoms with Gasteiger partial charge in [-0.25, -0.2) is 0 Å². The van der Waals surface area contributed by atoms with E-state index in [1.807, 2.05) is 30.3 Å². The van der Waals surface area contributed by atoms with Crippen molar-refractivity contribution in [3.05, 3.63) is 70.0 Å². The molecule has 0 N–H and O–H groups in total. The molecule has 0 aliphatic heterocycles. The Balaban J connectivity index is 1.81. The number of ether oxygens (including phenoxy) is 1. The van der Waals surface area contributed by atoms with Crippen LogP contribution in [0.4, 0.5) is 5.69 Å². The molecule has 0 amide bonds. The number of tetrazole rings is 1. The third-order valence-electron chi connectivity index (χ3n) is 3.22. The van der Waals surface area contributed by atoms with Gasteiger partial charge in [-0.05, 0) is 28.6 Å². The number of rotatable bonds is 6. The second kappa shape index (κ2) is 6.65. The molecule has 3 rings (SSSR count). The molecular formula is C15H11N5O4. The first-order valence-corrected chi connectivity index (χ1v) is 6.88. The fourth-order valence-corrected chi connectivity index (χ4v) is 2.08. The van der Waals surface area contributed by atoms with Gasteiger partial charge in [-0.2, -0.15) is 4.68 Å². The minimum Gasteiger partial charge on any atom is -0.485 e. The minimum absolute atomic E-state index is 0.000541. The van der Waals surface area contributed by atoms with E-state index in [9.17, 15) is 14.9 Å². The number of nitro benzene ring substituents is 1. The molecule has 2 aromatic carbocycles. The van der Waals surface area contributed by atoms with Crippen LogP contribution in [0.25, 0.3) is 5.69 Å². The number of hydrogen-bond donors (Lipinski definition) is 0. The average molecular weight is 325 g/mol. The summed E-state index contributed by atoms with van der Waals surface area (Å²) in [5.41, 5.74) is 0.668.